The number of aromatic nitrogens is 2. The van der Waals surface area contributed by atoms with Gasteiger partial charge in [-0.2, -0.15) is 10.4 Å². The third-order valence-electron chi connectivity index (χ3n) is 4.09. The molecule has 1 N–H and O–H groups in total. The monoisotopic (exact) mass is 428 g/mol. The van der Waals surface area contributed by atoms with E-state index in [1.165, 1.54) is 0 Å². The molecule has 1 amide bonds. The van der Waals surface area contributed by atoms with Crippen LogP contribution >= 0.6 is 11.6 Å². The van der Waals surface area contributed by atoms with Crippen molar-refractivity contribution >= 4 is 27.5 Å². The van der Waals surface area contributed by atoms with Crippen LogP contribution in [0.1, 0.15) is 17.5 Å². The largest absolute Gasteiger partial charge is 0.274 e. The number of aryl methyl sites for hydroxylation is 1. The van der Waals surface area contributed by atoms with Gasteiger partial charge in [0.2, 0.25) is 15.9 Å². The molecule has 0 saturated carbocycles. The first-order valence-electron chi connectivity index (χ1n) is 8.61. The van der Waals surface area contributed by atoms with E-state index in [2.05, 4.69) is 11.2 Å². The lowest BCUT2D eigenvalue weighted by Gasteiger charge is -2.04. The lowest BCUT2D eigenvalue weighted by Crippen LogP contribution is -2.29. The molecule has 0 saturated heterocycles. The van der Waals surface area contributed by atoms with Crippen molar-refractivity contribution in [1.29, 1.82) is 5.26 Å². The smallest absolute Gasteiger partial charge is 0.233 e. The van der Waals surface area contributed by atoms with Crippen LogP contribution in [-0.2, 0) is 21.2 Å². The summed E-state index contributed by atoms with van der Waals surface area (Å²) < 4.78 is 26.1. The fourth-order valence-corrected chi connectivity index (χ4v) is 3.41. The summed E-state index contributed by atoms with van der Waals surface area (Å²) in [4.78, 5) is 11.9. The zero-order valence-electron chi connectivity index (χ0n) is 15.5. The second-order valence-electron chi connectivity index (χ2n) is 6.41. The van der Waals surface area contributed by atoms with Gasteiger partial charge in [-0.15, -0.1) is 0 Å². The van der Waals surface area contributed by atoms with Crippen LogP contribution in [0, 0.1) is 11.3 Å². The molecule has 0 radical (unpaired) electrons. The van der Waals surface area contributed by atoms with E-state index in [1.807, 2.05) is 16.9 Å². The van der Waals surface area contributed by atoms with Crippen molar-refractivity contribution in [3.63, 3.8) is 0 Å². The van der Waals surface area contributed by atoms with Gasteiger partial charge in [0.25, 0.3) is 0 Å². The number of hydrogen-bond acceptors (Lipinski definition) is 5. The van der Waals surface area contributed by atoms with Gasteiger partial charge >= 0.3 is 0 Å². The van der Waals surface area contributed by atoms with Crippen molar-refractivity contribution in [2.24, 2.45) is 0 Å². The van der Waals surface area contributed by atoms with Gasteiger partial charge in [-0.25, -0.2) is 13.1 Å². The maximum Gasteiger partial charge on any atom is 0.233 e. The quantitative estimate of drug-likeness (QED) is 0.649. The van der Waals surface area contributed by atoms with Gasteiger partial charge in [0.05, 0.1) is 29.3 Å². The number of rotatable bonds is 6. The van der Waals surface area contributed by atoms with Gasteiger partial charge in [0.15, 0.2) is 0 Å². The maximum absolute atomic E-state index is 11.9. The third kappa shape index (κ3) is 5.44. The van der Waals surface area contributed by atoms with Gasteiger partial charge < -0.3 is 0 Å². The summed E-state index contributed by atoms with van der Waals surface area (Å²) in [6.45, 7) is 0. The molecule has 3 rings (SSSR count). The second-order valence-corrected chi connectivity index (χ2v) is 8.60. The molecular formula is C20H17ClN4O3S. The molecule has 1 heterocycles. The average molecular weight is 429 g/mol. The summed E-state index contributed by atoms with van der Waals surface area (Å²) in [5.41, 5.74) is 3.56. The Balaban J connectivity index is 1.93. The molecule has 0 bridgehead atoms. The summed E-state index contributed by atoms with van der Waals surface area (Å²) in [5, 5.41) is 14.2. The van der Waals surface area contributed by atoms with Crippen molar-refractivity contribution in [3.8, 4) is 23.0 Å². The highest BCUT2D eigenvalue weighted by Gasteiger charge is 2.15. The topological polar surface area (TPSA) is 105 Å². The molecule has 0 spiro atoms. The van der Waals surface area contributed by atoms with Crippen LogP contribution < -0.4 is 4.72 Å². The van der Waals surface area contributed by atoms with E-state index in [4.69, 9.17) is 16.9 Å². The van der Waals surface area contributed by atoms with Crippen molar-refractivity contribution in [1.82, 2.24) is 14.5 Å². The first-order valence-corrected chi connectivity index (χ1v) is 10.9. The number of halogens is 1. The number of hydrogen-bond donors (Lipinski definition) is 1. The van der Waals surface area contributed by atoms with E-state index in [1.54, 1.807) is 47.3 Å². The first-order chi connectivity index (χ1) is 13.7. The first kappa shape index (κ1) is 20.6. The van der Waals surface area contributed by atoms with Crippen LogP contribution in [-0.4, -0.2) is 30.4 Å². The van der Waals surface area contributed by atoms with E-state index in [0.717, 1.165) is 23.1 Å². The van der Waals surface area contributed by atoms with Crippen molar-refractivity contribution in [2.45, 2.75) is 12.8 Å². The Labute approximate surface area is 173 Å². The number of carbonyl (C=O) groups excluding carboxylic acids is 1. The van der Waals surface area contributed by atoms with Gasteiger partial charge in [-0.1, -0.05) is 23.7 Å². The molecule has 3 aromatic rings. The van der Waals surface area contributed by atoms with E-state index in [9.17, 15) is 13.2 Å². The van der Waals surface area contributed by atoms with Crippen molar-refractivity contribution in [3.05, 3.63) is 70.9 Å². The number of amides is 1. The minimum absolute atomic E-state index is 0.00722. The van der Waals surface area contributed by atoms with Crippen LogP contribution in [0.25, 0.3) is 16.9 Å². The molecule has 29 heavy (non-hydrogen) atoms. The summed E-state index contributed by atoms with van der Waals surface area (Å²) >= 11 is 5.97. The highest BCUT2D eigenvalue weighted by molar-refractivity contribution is 7.89. The Morgan fingerprint density at radius 2 is 1.83 bits per heavy atom. The van der Waals surface area contributed by atoms with Crippen LogP contribution in [0.3, 0.4) is 0 Å². The Morgan fingerprint density at radius 3 is 2.41 bits per heavy atom. The normalized spacial score (nSPS) is 11.1. The predicted molar refractivity (Wildman–Crippen MR) is 110 cm³/mol. The van der Waals surface area contributed by atoms with Gasteiger partial charge in [0.1, 0.15) is 0 Å². The number of nitrogens with one attached hydrogen (secondary N) is 1. The predicted octanol–water partition coefficient (Wildman–Crippen LogP) is 3.07. The molecule has 148 valence electrons. The summed E-state index contributed by atoms with van der Waals surface area (Å²) in [6.07, 6.45) is 3.02. The summed E-state index contributed by atoms with van der Waals surface area (Å²) in [7, 11) is -3.60. The minimum atomic E-state index is -3.60. The molecule has 2 aromatic carbocycles. The number of nitrogens with zero attached hydrogens (tertiary/aromatic N) is 3. The Bertz CT molecular complexity index is 1180. The van der Waals surface area contributed by atoms with Crippen LogP contribution in [0.15, 0.2) is 54.7 Å². The van der Waals surface area contributed by atoms with E-state index >= 15 is 0 Å². The van der Waals surface area contributed by atoms with Gasteiger partial charge in [-0.3, -0.25) is 9.52 Å². The molecule has 0 atom stereocenters. The third-order valence-corrected chi connectivity index (χ3v) is 4.94. The number of sulfonamides is 1. The van der Waals surface area contributed by atoms with Crippen molar-refractivity contribution < 1.29 is 13.2 Å². The Morgan fingerprint density at radius 1 is 1.17 bits per heavy atom. The van der Waals surface area contributed by atoms with Crippen LogP contribution in [0.4, 0.5) is 0 Å². The minimum Gasteiger partial charge on any atom is -0.274 e. The van der Waals surface area contributed by atoms with Crippen molar-refractivity contribution in [2.75, 3.05) is 6.26 Å². The van der Waals surface area contributed by atoms with E-state index in [0.29, 0.717) is 22.7 Å². The highest BCUT2D eigenvalue weighted by Crippen LogP contribution is 2.26. The molecule has 0 fully saturated rings. The molecule has 0 aliphatic carbocycles. The fraction of sp³-hybridized carbons (Fsp3) is 0.150. The molecular weight excluding hydrogens is 412 g/mol. The Kier molecular flexibility index (Phi) is 6.01. The zero-order chi connectivity index (χ0) is 21.0. The average Bonchev–Trinajstić information content (AvgIpc) is 3.10. The van der Waals surface area contributed by atoms with E-state index < -0.39 is 15.9 Å². The molecule has 0 aliphatic heterocycles. The number of nitriles is 1. The maximum atomic E-state index is 11.9. The molecule has 0 aliphatic rings. The highest BCUT2D eigenvalue weighted by atomic mass is 35.5. The lowest BCUT2D eigenvalue weighted by molar-refractivity contribution is -0.119. The summed E-state index contributed by atoms with van der Waals surface area (Å²) in [5.74, 6) is -0.583. The van der Waals surface area contributed by atoms with E-state index in [-0.39, 0.29) is 6.42 Å². The van der Waals surface area contributed by atoms with Gasteiger partial charge in [-0.05, 0) is 48.4 Å². The van der Waals surface area contributed by atoms with Crippen LogP contribution in [0.2, 0.25) is 5.02 Å². The standard InChI is InChI=1S/C20H17ClN4O3S/c1-29(27,28)24-19(26)11-6-16-13-25(18-9-2-14(12-22)3-10-18)23-20(16)15-4-7-17(21)8-5-15/h2-5,7-10,13H,6,11H2,1H3,(H,24,26). The summed E-state index contributed by atoms with van der Waals surface area (Å²) in [6, 6.07) is 16.2. The molecule has 0 unspecified atom stereocenters. The fourth-order valence-electron chi connectivity index (χ4n) is 2.77. The molecule has 1 aromatic heterocycles. The zero-order valence-corrected chi connectivity index (χ0v) is 17.0. The van der Waals surface area contributed by atoms with Gasteiger partial charge in [0, 0.05) is 23.2 Å². The second kappa shape index (κ2) is 8.47. The number of benzene rings is 2. The molecule has 7 nitrogen and oxygen atoms in total. The number of carbonyl (C=O) groups is 1. The van der Waals surface area contributed by atoms with Crippen LogP contribution in [0.5, 0.6) is 0 Å². The SMILES string of the molecule is CS(=O)(=O)NC(=O)CCc1cn(-c2ccc(C#N)cc2)nc1-c1ccc(Cl)cc1. The molecule has 9 heteroatoms. The lowest BCUT2D eigenvalue weighted by atomic mass is 10.0. The Hall–Kier alpha value is -3.15.